The van der Waals surface area contributed by atoms with Crippen LogP contribution < -0.4 is 4.90 Å². The largest absolute Gasteiger partial charge is 0.312 e. The molecule has 0 aliphatic rings. The molecule has 0 spiro atoms. The highest BCUT2D eigenvalue weighted by atomic mass is 79.9. The van der Waals surface area contributed by atoms with Gasteiger partial charge >= 0.3 is 0 Å². The van der Waals surface area contributed by atoms with E-state index < -0.39 is 0 Å². The molecule has 26 heavy (non-hydrogen) atoms. The standard InChI is InChI=1S/C21H22BrN3O/c1-4-24(19-12-8-9-17(22)13-19)21(26)14-20-15(2)23-25(16(20)3)18-10-6-5-7-11-18/h5-13H,4,14H2,1-3H3. The molecule has 134 valence electrons. The number of hydrogen-bond donors (Lipinski definition) is 0. The van der Waals surface area contributed by atoms with E-state index >= 15 is 0 Å². The van der Waals surface area contributed by atoms with E-state index in [9.17, 15) is 4.79 Å². The lowest BCUT2D eigenvalue weighted by Gasteiger charge is -2.21. The molecule has 1 amide bonds. The van der Waals surface area contributed by atoms with Crippen molar-refractivity contribution in [2.24, 2.45) is 0 Å². The molecule has 1 aromatic heterocycles. The van der Waals surface area contributed by atoms with E-state index in [0.29, 0.717) is 13.0 Å². The van der Waals surface area contributed by atoms with Crippen LogP contribution in [0.15, 0.2) is 59.1 Å². The minimum atomic E-state index is 0.0735. The van der Waals surface area contributed by atoms with E-state index in [4.69, 9.17) is 0 Å². The van der Waals surface area contributed by atoms with Crippen LogP contribution in [0.1, 0.15) is 23.9 Å². The second-order valence-electron chi connectivity index (χ2n) is 6.19. The number of likely N-dealkylation sites (N-methyl/N-ethyl adjacent to an activating group) is 1. The van der Waals surface area contributed by atoms with E-state index in [1.807, 2.05) is 85.0 Å². The van der Waals surface area contributed by atoms with E-state index in [2.05, 4.69) is 21.0 Å². The Balaban J connectivity index is 1.88. The number of carbonyl (C=O) groups is 1. The van der Waals surface area contributed by atoms with E-state index in [1.54, 1.807) is 0 Å². The quantitative estimate of drug-likeness (QED) is 0.601. The molecule has 0 bridgehead atoms. The van der Waals surface area contributed by atoms with Crippen LogP contribution in [0.5, 0.6) is 0 Å². The van der Waals surface area contributed by atoms with Gasteiger partial charge in [-0.25, -0.2) is 4.68 Å². The normalized spacial score (nSPS) is 10.8. The number of carbonyl (C=O) groups excluding carboxylic acids is 1. The second kappa shape index (κ2) is 7.87. The topological polar surface area (TPSA) is 38.1 Å². The van der Waals surface area contributed by atoms with Gasteiger partial charge in [0.1, 0.15) is 0 Å². The predicted octanol–water partition coefficient (Wildman–Crippen LogP) is 4.85. The lowest BCUT2D eigenvalue weighted by molar-refractivity contribution is -0.117. The van der Waals surface area contributed by atoms with Crippen molar-refractivity contribution in [1.29, 1.82) is 0 Å². The van der Waals surface area contributed by atoms with Gasteiger partial charge in [-0.3, -0.25) is 4.79 Å². The van der Waals surface area contributed by atoms with Gasteiger partial charge in [0.15, 0.2) is 0 Å². The molecule has 0 fully saturated rings. The fraction of sp³-hybridized carbons (Fsp3) is 0.238. The maximum Gasteiger partial charge on any atom is 0.231 e. The SMILES string of the molecule is CCN(C(=O)Cc1c(C)nn(-c2ccccc2)c1C)c1cccc(Br)c1. The molecular formula is C21H22BrN3O. The summed E-state index contributed by atoms with van der Waals surface area (Å²) < 4.78 is 2.87. The van der Waals surface area contributed by atoms with Crippen molar-refractivity contribution in [2.75, 3.05) is 11.4 Å². The van der Waals surface area contributed by atoms with E-state index in [-0.39, 0.29) is 5.91 Å². The zero-order valence-corrected chi connectivity index (χ0v) is 16.8. The first-order valence-corrected chi connectivity index (χ1v) is 9.47. The van der Waals surface area contributed by atoms with Gasteiger partial charge < -0.3 is 4.90 Å². The molecule has 0 aliphatic carbocycles. The van der Waals surface area contributed by atoms with Crippen LogP contribution >= 0.6 is 15.9 Å². The van der Waals surface area contributed by atoms with Crippen molar-refractivity contribution in [1.82, 2.24) is 9.78 Å². The van der Waals surface area contributed by atoms with Crippen molar-refractivity contribution < 1.29 is 4.79 Å². The molecule has 1 heterocycles. The Labute approximate surface area is 162 Å². The van der Waals surface area contributed by atoms with Crippen LogP contribution in [-0.2, 0) is 11.2 Å². The molecule has 4 nitrogen and oxygen atoms in total. The molecule has 0 N–H and O–H groups in total. The third-order valence-electron chi connectivity index (χ3n) is 4.51. The Bertz CT molecular complexity index is 918. The molecule has 0 radical (unpaired) electrons. The van der Waals surface area contributed by atoms with Gasteiger partial charge in [-0.2, -0.15) is 5.10 Å². The molecule has 0 aliphatic heterocycles. The first-order chi connectivity index (χ1) is 12.5. The van der Waals surface area contributed by atoms with Gasteiger partial charge in [0.2, 0.25) is 5.91 Å². The molecule has 0 saturated heterocycles. The maximum atomic E-state index is 13.0. The number of aryl methyl sites for hydroxylation is 1. The number of rotatable bonds is 5. The first kappa shape index (κ1) is 18.4. The molecule has 0 atom stereocenters. The summed E-state index contributed by atoms with van der Waals surface area (Å²) in [4.78, 5) is 14.8. The molecule has 3 aromatic rings. The Hall–Kier alpha value is -2.40. The number of halogens is 1. The summed E-state index contributed by atoms with van der Waals surface area (Å²) in [5.74, 6) is 0.0735. The number of hydrogen-bond acceptors (Lipinski definition) is 2. The Morgan fingerprint density at radius 3 is 2.50 bits per heavy atom. The van der Waals surface area contributed by atoms with E-state index in [0.717, 1.165) is 32.8 Å². The van der Waals surface area contributed by atoms with Crippen molar-refractivity contribution in [3.05, 3.63) is 76.0 Å². The predicted molar refractivity (Wildman–Crippen MR) is 109 cm³/mol. The number of nitrogens with zero attached hydrogens (tertiary/aromatic N) is 3. The van der Waals surface area contributed by atoms with Crippen molar-refractivity contribution in [3.8, 4) is 5.69 Å². The fourth-order valence-corrected chi connectivity index (χ4v) is 3.53. The lowest BCUT2D eigenvalue weighted by Crippen LogP contribution is -2.32. The zero-order valence-electron chi connectivity index (χ0n) is 15.2. The number of para-hydroxylation sites is 1. The van der Waals surface area contributed by atoms with Gasteiger partial charge in [0, 0.05) is 28.0 Å². The molecule has 0 unspecified atom stereocenters. The number of anilines is 1. The summed E-state index contributed by atoms with van der Waals surface area (Å²) in [5, 5.41) is 4.64. The summed E-state index contributed by atoms with van der Waals surface area (Å²) in [6, 6.07) is 17.8. The highest BCUT2D eigenvalue weighted by Crippen LogP contribution is 2.23. The summed E-state index contributed by atoms with van der Waals surface area (Å²) in [6.45, 7) is 6.60. The maximum absolute atomic E-state index is 13.0. The highest BCUT2D eigenvalue weighted by Gasteiger charge is 2.20. The molecule has 2 aromatic carbocycles. The van der Waals surface area contributed by atoms with Crippen molar-refractivity contribution in [3.63, 3.8) is 0 Å². The molecule has 5 heteroatoms. The summed E-state index contributed by atoms with van der Waals surface area (Å²) in [7, 11) is 0. The number of amides is 1. The minimum absolute atomic E-state index is 0.0735. The molecule has 3 rings (SSSR count). The summed E-state index contributed by atoms with van der Waals surface area (Å²) in [6.07, 6.45) is 0.338. The number of benzene rings is 2. The van der Waals surface area contributed by atoms with Crippen LogP contribution in [0.2, 0.25) is 0 Å². The van der Waals surface area contributed by atoms with Crippen LogP contribution in [0.3, 0.4) is 0 Å². The minimum Gasteiger partial charge on any atom is -0.312 e. The lowest BCUT2D eigenvalue weighted by atomic mass is 10.1. The van der Waals surface area contributed by atoms with Crippen LogP contribution in [0.4, 0.5) is 5.69 Å². The molecule has 0 saturated carbocycles. The van der Waals surface area contributed by atoms with Gasteiger partial charge in [0.25, 0.3) is 0 Å². The first-order valence-electron chi connectivity index (χ1n) is 8.67. The van der Waals surface area contributed by atoms with Crippen LogP contribution in [-0.4, -0.2) is 22.2 Å². The van der Waals surface area contributed by atoms with Crippen molar-refractivity contribution in [2.45, 2.75) is 27.2 Å². The Morgan fingerprint density at radius 2 is 1.85 bits per heavy atom. The smallest absolute Gasteiger partial charge is 0.231 e. The molecular weight excluding hydrogens is 390 g/mol. The summed E-state index contributed by atoms with van der Waals surface area (Å²) in [5.41, 5.74) is 4.80. The Kier molecular flexibility index (Phi) is 5.57. The third-order valence-corrected chi connectivity index (χ3v) is 5.00. The van der Waals surface area contributed by atoms with Crippen LogP contribution in [0, 0.1) is 13.8 Å². The Morgan fingerprint density at radius 1 is 1.12 bits per heavy atom. The zero-order chi connectivity index (χ0) is 18.7. The van der Waals surface area contributed by atoms with Crippen molar-refractivity contribution >= 4 is 27.5 Å². The summed E-state index contributed by atoms with van der Waals surface area (Å²) >= 11 is 3.48. The fourth-order valence-electron chi connectivity index (χ4n) is 3.14. The average Bonchev–Trinajstić information content (AvgIpc) is 2.91. The third kappa shape index (κ3) is 3.73. The second-order valence-corrected chi connectivity index (χ2v) is 7.11. The average molecular weight is 412 g/mol. The number of aromatic nitrogens is 2. The van der Waals surface area contributed by atoms with Gasteiger partial charge in [-0.05, 0) is 51.1 Å². The monoisotopic (exact) mass is 411 g/mol. The van der Waals surface area contributed by atoms with E-state index in [1.165, 1.54) is 0 Å². The van der Waals surface area contributed by atoms with Gasteiger partial charge in [-0.1, -0.05) is 40.2 Å². The van der Waals surface area contributed by atoms with Gasteiger partial charge in [-0.15, -0.1) is 0 Å². The van der Waals surface area contributed by atoms with Crippen LogP contribution in [0.25, 0.3) is 5.69 Å². The highest BCUT2D eigenvalue weighted by molar-refractivity contribution is 9.10. The van der Waals surface area contributed by atoms with Gasteiger partial charge in [0.05, 0.1) is 17.8 Å².